The zero-order chi connectivity index (χ0) is 10.0. The van der Waals surface area contributed by atoms with Gasteiger partial charge in [0.25, 0.3) is 6.43 Å². The molecule has 1 aromatic heterocycles. The van der Waals surface area contributed by atoms with Crippen molar-refractivity contribution in [2.24, 2.45) is 0 Å². The van der Waals surface area contributed by atoms with Crippen LogP contribution in [0.5, 0.6) is 5.88 Å². The number of anilines is 1. The molecule has 0 spiro atoms. The number of rotatable bonds is 2. The number of pyridine rings is 1. The number of hydrogen-bond donors (Lipinski definition) is 1. The number of aromatic nitrogens is 1. The van der Waals surface area contributed by atoms with Crippen LogP contribution in [0.3, 0.4) is 0 Å². The van der Waals surface area contributed by atoms with Gasteiger partial charge in [-0.25, -0.2) is 13.8 Å². The van der Waals surface area contributed by atoms with Crippen molar-refractivity contribution in [2.45, 2.75) is 6.43 Å². The van der Waals surface area contributed by atoms with Crippen LogP contribution >= 0.6 is 22.6 Å². The Morgan fingerprint density at radius 3 is 2.69 bits per heavy atom. The fraction of sp³-hybridized carbons (Fsp3) is 0.286. The summed E-state index contributed by atoms with van der Waals surface area (Å²) in [6, 6.07) is 1.14. The minimum Gasteiger partial charge on any atom is -0.481 e. The second-order valence-corrected chi connectivity index (χ2v) is 3.28. The van der Waals surface area contributed by atoms with E-state index in [9.17, 15) is 8.78 Å². The van der Waals surface area contributed by atoms with Crippen LogP contribution < -0.4 is 10.5 Å². The molecule has 1 heterocycles. The summed E-state index contributed by atoms with van der Waals surface area (Å²) >= 11 is 1.78. The summed E-state index contributed by atoms with van der Waals surface area (Å²) in [5.41, 5.74) is 5.17. The van der Waals surface area contributed by atoms with Crippen molar-refractivity contribution in [3.63, 3.8) is 0 Å². The van der Waals surface area contributed by atoms with Crippen molar-refractivity contribution in [2.75, 3.05) is 12.8 Å². The third-order valence-corrected chi connectivity index (χ3v) is 2.29. The fourth-order valence-corrected chi connectivity index (χ4v) is 1.35. The molecule has 0 unspecified atom stereocenters. The molecule has 0 aliphatic heterocycles. The Hall–Kier alpha value is -0.660. The third kappa shape index (κ3) is 2.17. The third-order valence-electron chi connectivity index (χ3n) is 1.46. The van der Waals surface area contributed by atoms with Crippen LogP contribution in [0.4, 0.5) is 14.5 Å². The highest BCUT2D eigenvalue weighted by Gasteiger charge is 2.16. The summed E-state index contributed by atoms with van der Waals surface area (Å²) in [6.07, 6.45) is -2.61. The molecule has 13 heavy (non-hydrogen) atoms. The average Bonchev–Trinajstić information content (AvgIpc) is 2.09. The van der Waals surface area contributed by atoms with E-state index in [0.717, 1.165) is 6.07 Å². The van der Waals surface area contributed by atoms with Gasteiger partial charge in [0.05, 0.1) is 12.8 Å². The van der Waals surface area contributed by atoms with Crippen molar-refractivity contribution >= 4 is 28.3 Å². The van der Waals surface area contributed by atoms with E-state index in [1.54, 1.807) is 22.6 Å². The molecule has 1 rings (SSSR count). The summed E-state index contributed by atoms with van der Waals surface area (Å²) in [4.78, 5) is 3.84. The summed E-state index contributed by atoms with van der Waals surface area (Å²) < 4.78 is 29.8. The molecule has 0 radical (unpaired) electrons. The Balaban J connectivity index is 3.25. The molecule has 0 fully saturated rings. The summed E-state index contributed by atoms with van der Waals surface area (Å²) in [6.45, 7) is 0. The highest BCUT2D eigenvalue weighted by Crippen LogP contribution is 2.30. The Kier molecular flexibility index (Phi) is 3.23. The lowest BCUT2D eigenvalue weighted by molar-refractivity contribution is 0.151. The quantitative estimate of drug-likeness (QED) is 0.673. The molecule has 3 nitrogen and oxygen atoms in total. The van der Waals surface area contributed by atoms with Crippen molar-refractivity contribution in [3.8, 4) is 5.88 Å². The largest absolute Gasteiger partial charge is 0.481 e. The summed E-state index contributed by atoms with van der Waals surface area (Å²) in [7, 11) is 1.36. The van der Waals surface area contributed by atoms with Gasteiger partial charge in [0, 0.05) is 11.6 Å². The number of alkyl halides is 2. The number of nitrogens with zero attached hydrogens (tertiary/aromatic N) is 1. The molecular formula is C7H7F2IN2O. The van der Waals surface area contributed by atoms with E-state index < -0.39 is 6.43 Å². The van der Waals surface area contributed by atoms with Crippen molar-refractivity contribution in [1.29, 1.82) is 0 Å². The number of halogens is 3. The van der Waals surface area contributed by atoms with Crippen molar-refractivity contribution in [3.05, 3.63) is 15.3 Å². The number of nitrogens with two attached hydrogens (primary N) is 1. The first-order chi connectivity index (χ1) is 6.06. The fourth-order valence-electron chi connectivity index (χ4n) is 0.804. The SMILES string of the molecule is COc1cc(C(F)F)c(N)c(I)n1. The normalized spacial score (nSPS) is 10.5. The van der Waals surface area contributed by atoms with Gasteiger partial charge in [-0.1, -0.05) is 0 Å². The summed E-state index contributed by atoms with van der Waals surface area (Å²) in [5.74, 6) is 0.147. The Labute approximate surface area is 87.4 Å². The standard InChI is InChI=1S/C7H7F2IN2O/c1-13-4-2-3(6(8)9)5(11)7(10)12-4/h2,6H,11H2,1H3. The second-order valence-electron chi connectivity index (χ2n) is 2.26. The first kappa shape index (κ1) is 10.4. The Morgan fingerprint density at radius 1 is 1.62 bits per heavy atom. The van der Waals surface area contributed by atoms with E-state index in [2.05, 4.69) is 4.98 Å². The van der Waals surface area contributed by atoms with E-state index in [4.69, 9.17) is 10.5 Å². The van der Waals surface area contributed by atoms with E-state index in [-0.39, 0.29) is 17.1 Å². The molecule has 0 aliphatic carbocycles. The minimum atomic E-state index is -2.61. The predicted octanol–water partition coefficient (Wildman–Crippen LogP) is 2.21. The van der Waals surface area contributed by atoms with Gasteiger partial charge >= 0.3 is 0 Å². The lowest BCUT2D eigenvalue weighted by atomic mass is 10.2. The highest BCUT2D eigenvalue weighted by molar-refractivity contribution is 14.1. The monoisotopic (exact) mass is 300 g/mol. The molecule has 0 saturated heterocycles. The van der Waals surface area contributed by atoms with Gasteiger partial charge in [-0.3, -0.25) is 0 Å². The van der Waals surface area contributed by atoms with Crippen LogP contribution in [0.1, 0.15) is 12.0 Å². The topological polar surface area (TPSA) is 48.1 Å². The van der Waals surface area contributed by atoms with Gasteiger partial charge in [0.1, 0.15) is 3.70 Å². The number of ether oxygens (including phenoxy) is 1. The second kappa shape index (κ2) is 4.03. The Bertz CT molecular complexity index is 320. The van der Waals surface area contributed by atoms with Crippen LogP contribution in [0.15, 0.2) is 6.07 Å². The molecule has 0 amide bonds. The average molecular weight is 300 g/mol. The van der Waals surface area contributed by atoms with Gasteiger partial charge in [-0.2, -0.15) is 0 Å². The maximum Gasteiger partial charge on any atom is 0.266 e. The molecule has 0 atom stereocenters. The maximum atomic E-state index is 12.4. The molecular weight excluding hydrogens is 293 g/mol. The van der Waals surface area contributed by atoms with Crippen molar-refractivity contribution in [1.82, 2.24) is 4.98 Å². The van der Waals surface area contributed by atoms with Gasteiger partial charge in [0.2, 0.25) is 5.88 Å². The molecule has 6 heteroatoms. The lowest BCUT2D eigenvalue weighted by Gasteiger charge is -2.07. The molecule has 1 aromatic rings. The van der Waals surface area contributed by atoms with Gasteiger partial charge < -0.3 is 10.5 Å². The molecule has 2 N–H and O–H groups in total. The summed E-state index contributed by atoms with van der Waals surface area (Å²) in [5, 5.41) is 0. The number of methoxy groups -OCH3 is 1. The first-order valence-corrected chi connectivity index (χ1v) is 4.42. The zero-order valence-corrected chi connectivity index (χ0v) is 8.88. The van der Waals surface area contributed by atoms with Crippen LogP contribution in [0.2, 0.25) is 0 Å². The molecule has 72 valence electrons. The zero-order valence-electron chi connectivity index (χ0n) is 6.72. The smallest absolute Gasteiger partial charge is 0.266 e. The number of nitrogen functional groups attached to an aromatic ring is 1. The lowest BCUT2D eigenvalue weighted by Crippen LogP contribution is -2.02. The molecule has 0 saturated carbocycles. The molecule has 0 aliphatic rings. The maximum absolute atomic E-state index is 12.4. The van der Waals surface area contributed by atoms with E-state index in [0.29, 0.717) is 3.70 Å². The van der Waals surface area contributed by atoms with Gasteiger partial charge in [-0.15, -0.1) is 0 Å². The van der Waals surface area contributed by atoms with E-state index in [1.165, 1.54) is 7.11 Å². The molecule has 0 aromatic carbocycles. The van der Waals surface area contributed by atoms with E-state index in [1.807, 2.05) is 0 Å². The number of hydrogen-bond acceptors (Lipinski definition) is 3. The predicted molar refractivity (Wildman–Crippen MR) is 52.9 cm³/mol. The van der Waals surface area contributed by atoms with Crippen LogP contribution in [-0.4, -0.2) is 12.1 Å². The van der Waals surface area contributed by atoms with Crippen LogP contribution in [-0.2, 0) is 0 Å². The van der Waals surface area contributed by atoms with Crippen LogP contribution in [0, 0.1) is 3.70 Å². The van der Waals surface area contributed by atoms with Gasteiger partial charge in [0.15, 0.2) is 0 Å². The van der Waals surface area contributed by atoms with Crippen LogP contribution in [0.25, 0.3) is 0 Å². The highest BCUT2D eigenvalue weighted by atomic mass is 127. The van der Waals surface area contributed by atoms with Gasteiger partial charge in [-0.05, 0) is 22.6 Å². The molecule has 0 bridgehead atoms. The van der Waals surface area contributed by atoms with E-state index >= 15 is 0 Å². The van der Waals surface area contributed by atoms with Crippen molar-refractivity contribution < 1.29 is 13.5 Å². The minimum absolute atomic E-state index is 0.0106. The Morgan fingerprint density at radius 2 is 2.23 bits per heavy atom. The first-order valence-electron chi connectivity index (χ1n) is 3.34.